The summed E-state index contributed by atoms with van der Waals surface area (Å²) >= 11 is 0. The van der Waals surface area contributed by atoms with Gasteiger partial charge in [0.1, 0.15) is 35.4 Å². The number of rotatable bonds is 4. The number of hydrazone groups is 1. The third-order valence-electron chi connectivity index (χ3n) is 6.40. The fourth-order valence-corrected chi connectivity index (χ4v) is 4.83. The molecule has 2 aromatic carbocycles. The molecule has 4 heterocycles. The molecule has 3 aromatic rings. The normalized spacial score (nSPS) is 21.7. The molecule has 0 spiro atoms. The minimum Gasteiger partial charge on any atom is -0.508 e. The highest BCUT2D eigenvalue weighted by atomic mass is 19.1. The van der Waals surface area contributed by atoms with Crippen LogP contribution in [0.2, 0.25) is 0 Å². The maximum Gasteiger partial charge on any atom is 0.154 e. The lowest BCUT2D eigenvalue weighted by Crippen LogP contribution is -2.42. The molecule has 9 nitrogen and oxygen atoms in total. The number of nitrogens with two attached hydrogens (primary N) is 1. The average Bonchev–Trinajstić information content (AvgIpc) is 3.48. The van der Waals surface area contributed by atoms with Crippen molar-refractivity contribution in [1.29, 1.82) is 0 Å². The van der Waals surface area contributed by atoms with Gasteiger partial charge in [-0.1, -0.05) is 12.1 Å². The molecule has 0 bridgehead atoms. The molecule has 0 saturated carbocycles. The first-order chi connectivity index (χ1) is 16.6. The van der Waals surface area contributed by atoms with Crippen LogP contribution in [0.15, 0.2) is 57.6 Å². The lowest BCUT2D eigenvalue weighted by Gasteiger charge is -2.27. The molecule has 2 unspecified atom stereocenters. The van der Waals surface area contributed by atoms with Gasteiger partial charge in [-0.05, 0) is 37.1 Å². The summed E-state index contributed by atoms with van der Waals surface area (Å²) in [4.78, 5) is 20.8. The summed E-state index contributed by atoms with van der Waals surface area (Å²) in [5, 5.41) is 16.5. The fourth-order valence-electron chi connectivity index (χ4n) is 4.83. The van der Waals surface area contributed by atoms with Crippen molar-refractivity contribution in [2.24, 2.45) is 26.7 Å². The second kappa shape index (κ2) is 8.05. The fraction of sp³-hybridized carbons (Fsp3) is 0.292. The summed E-state index contributed by atoms with van der Waals surface area (Å²) in [6.07, 6.45) is 3.21. The summed E-state index contributed by atoms with van der Waals surface area (Å²) in [6, 6.07) is 11.7. The quantitative estimate of drug-likeness (QED) is 0.621. The van der Waals surface area contributed by atoms with Crippen LogP contribution in [-0.4, -0.2) is 57.2 Å². The van der Waals surface area contributed by atoms with E-state index < -0.39 is 17.9 Å². The Kier molecular flexibility index (Phi) is 4.86. The predicted molar refractivity (Wildman–Crippen MR) is 129 cm³/mol. The Morgan fingerprint density at radius 1 is 1.06 bits per heavy atom. The number of aromatic hydroxyl groups is 1. The highest BCUT2D eigenvalue weighted by Crippen LogP contribution is 2.33. The van der Waals surface area contributed by atoms with Gasteiger partial charge in [-0.25, -0.2) is 24.3 Å². The molecule has 0 aliphatic carbocycles. The maximum absolute atomic E-state index is 14.1. The molecule has 172 valence electrons. The first-order valence-corrected chi connectivity index (χ1v) is 11.3. The van der Waals surface area contributed by atoms with Gasteiger partial charge in [0, 0.05) is 24.7 Å². The van der Waals surface area contributed by atoms with Gasteiger partial charge in [0.25, 0.3) is 0 Å². The third kappa shape index (κ3) is 3.51. The van der Waals surface area contributed by atoms with E-state index in [2.05, 4.69) is 14.9 Å². The zero-order chi connectivity index (χ0) is 23.2. The van der Waals surface area contributed by atoms with Crippen LogP contribution < -0.4 is 10.6 Å². The van der Waals surface area contributed by atoms with Crippen molar-refractivity contribution in [3.8, 4) is 5.75 Å². The van der Waals surface area contributed by atoms with Crippen molar-refractivity contribution < 1.29 is 9.50 Å². The molecule has 3 aliphatic heterocycles. The molecule has 1 aromatic heterocycles. The second-order valence-corrected chi connectivity index (χ2v) is 8.67. The Morgan fingerprint density at radius 2 is 1.82 bits per heavy atom. The molecular weight excluding hydrogens is 435 g/mol. The van der Waals surface area contributed by atoms with E-state index >= 15 is 0 Å². The summed E-state index contributed by atoms with van der Waals surface area (Å²) in [6.45, 7) is 2.21. The Morgan fingerprint density at radius 3 is 2.59 bits per heavy atom. The SMILES string of the molecule is NC1=NC=NC2C1C(c1cc(O)cc(F)c1)=NN2Cc1nc2ccccc2nc1N1CCCC1. The topological polar surface area (TPSA) is 116 Å². The van der Waals surface area contributed by atoms with Gasteiger partial charge in [-0.3, -0.25) is 5.01 Å². The number of aliphatic imine (C=N–C) groups is 2. The molecule has 0 amide bonds. The molecular formula is C24H23FN8O. The third-order valence-corrected chi connectivity index (χ3v) is 6.40. The van der Waals surface area contributed by atoms with Crippen LogP contribution in [0.25, 0.3) is 11.0 Å². The maximum atomic E-state index is 14.1. The number of phenols is 1. The summed E-state index contributed by atoms with van der Waals surface area (Å²) in [7, 11) is 0. The number of phenolic OH excluding ortho intramolecular Hbond substituents is 1. The van der Waals surface area contributed by atoms with Gasteiger partial charge in [-0.15, -0.1) is 0 Å². The number of para-hydroxylation sites is 2. The van der Waals surface area contributed by atoms with Gasteiger partial charge in [0.05, 0.1) is 23.3 Å². The van der Waals surface area contributed by atoms with Gasteiger partial charge < -0.3 is 15.7 Å². The van der Waals surface area contributed by atoms with E-state index in [0.29, 0.717) is 23.7 Å². The minimum absolute atomic E-state index is 0.181. The van der Waals surface area contributed by atoms with Crippen LogP contribution in [-0.2, 0) is 6.54 Å². The molecule has 0 radical (unpaired) electrons. The Bertz CT molecular complexity index is 1340. The van der Waals surface area contributed by atoms with Gasteiger partial charge in [-0.2, -0.15) is 5.10 Å². The van der Waals surface area contributed by atoms with E-state index in [-0.39, 0.29) is 5.75 Å². The predicted octanol–water partition coefficient (Wildman–Crippen LogP) is 2.64. The molecule has 1 fully saturated rings. The van der Waals surface area contributed by atoms with Crippen LogP contribution in [0, 0.1) is 11.7 Å². The van der Waals surface area contributed by atoms with E-state index in [9.17, 15) is 9.50 Å². The first kappa shape index (κ1) is 20.5. The lowest BCUT2D eigenvalue weighted by molar-refractivity contribution is 0.212. The number of nitrogens with zero attached hydrogens (tertiary/aromatic N) is 7. The Balaban J connectivity index is 1.43. The largest absolute Gasteiger partial charge is 0.508 e. The number of hydrogen-bond acceptors (Lipinski definition) is 9. The van der Waals surface area contributed by atoms with E-state index in [1.807, 2.05) is 24.3 Å². The molecule has 1 saturated heterocycles. The Labute approximate surface area is 195 Å². The van der Waals surface area contributed by atoms with Crippen molar-refractivity contribution in [1.82, 2.24) is 15.0 Å². The number of benzene rings is 2. The summed E-state index contributed by atoms with van der Waals surface area (Å²) in [5.74, 6) is -0.0103. The summed E-state index contributed by atoms with van der Waals surface area (Å²) < 4.78 is 14.1. The van der Waals surface area contributed by atoms with Crippen molar-refractivity contribution in [3.05, 3.63) is 59.5 Å². The smallest absolute Gasteiger partial charge is 0.154 e. The van der Waals surface area contributed by atoms with Gasteiger partial charge in [0.2, 0.25) is 0 Å². The van der Waals surface area contributed by atoms with Gasteiger partial charge in [0.15, 0.2) is 12.0 Å². The van der Waals surface area contributed by atoms with Crippen LogP contribution in [0.4, 0.5) is 10.2 Å². The van der Waals surface area contributed by atoms with E-state index in [4.69, 9.17) is 20.8 Å². The van der Waals surface area contributed by atoms with Gasteiger partial charge >= 0.3 is 0 Å². The summed E-state index contributed by atoms with van der Waals surface area (Å²) in [5.41, 5.74) is 9.64. The molecule has 3 aliphatic rings. The average molecular weight is 459 g/mol. The van der Waals surface area contributed by atoms with Crippen molar-refractivity contribution >= 4 is 34.7 Å². The molecule has 6 rings (SSSR count). The molecule has 10 heteroatoms. The number of fused-ring (bicyclic) bond motifs is 2. The zero-order valence-corrected chi connectivity index (χ0v) is 18.3. The van der Waals surface area contributed by atoms with E-state index in [0.717, 1.165) is 54.5 Å². The van der Waals surface area contributed by atoms with E-state index in [1.54, 1.807) is 5.01 Å². The zero-order valence-electron chi connectivity index (χ0n) is 18.3. The monoisotopic (exact) mass is 458 g/mol. The number of anilines is 1. The second-order valence-electron chi connectivity index (χ2n) is 8.67. The molecule has 2 atom stereocenters. The first-order valence-electron chi connectivity index (χ1n) is 11.3. The number of hydrogen-bond donors (Lipinski definition) is 2. The number of amidine groups is 1. The minimum atomic E-state index is -0.556. The van der Waals surface area contributed by atoms with Crippen LogP contribution in [0.1, 0.15) is 24.1 Å². The number of halogens is 1. The van der Waals surface area contributed by atoms with Crippen molar-refractivity contribution in [2.75, 3.05) is 18.0 Å². The number of aromatic nitrogens is 2. The highest BCUT2D eigenvalue weighted by molar-refractivity contribution is 6.17. The van der Waals surface area contributed by atoms with Crippen molar-refractivity contribution in [2.45, 2.75) is 25.6 Å². The molecule has 3 N–H and O–H groups in total. The van der Waals surface area contributed by atoms with Crippen molar-refractivity contribution in [3.63, 3.8) is 0 Å². The molecule has 34 heavy (non-hydrogen) atoms. The lowest BCUT2D eigenvalue weighted by atomic mass is 9.93. The highest BCUT2D eigenvalue weighted by Gasteiger charge is 2.42. The van der Waals surface area contributed by atoms with Crippen LogP contribution in [0.5, 0.6) is 5.75 Å². The van der Waals surface area contributed by atoms with Crippen LogP contribution >= 0.6 is 0 Å². The standard InChI is InChI=1S/C24H23FN8O/c25-15-9-14(10-16(34)11-15)21-20-22(26)27-13-28-24(20)33(31-21)12-19-23(32-7-3-4-8-32)30-18-6-2-1-5-17(18)29-19/h1-2,5-6,9-11,13,20,24,34H,3-4,7-8,12H2,(H2,26,27,28). The Hall–Kier alpha value is -4.08. The van der Waals surface area contributed by atoms with E-state index in [1.165, 1.54) is 18.5 Å². The van der Waals surface area contributed by atoms with Crippen LogP contribution in [0.3, 0.4) is 0 Å².